The van der Waals surface area contributed by atoms with E-state index in [1.54, 1.807) is 36.4 Å². The van der Waals surface area contributed by atoms with Crippen molar-refractivity contribution in [2.75, 3.05) is 0 Å². The zero-order valence-electron chi connectivity index (χ0n) is 18.8. The molecule has 0 atom stereocenters. The third kappa shape index (κ3) is 4.70. The average molecular weight is 525 g/mol. The highest BCUT2D eigenvalue weighted by molar-refractivity contribution is 6.30. The second kappa shape index (κ2) is 9.21. The van der Waals surface area contributed by atoms with E-state index in [1.807, 2.05) is 0 Å². The minimum absolute atomic E-state index is 0.0664. The Labute approximate surface area is 212 Å². The fraction of sp³-hybridized carbons (Fsp3) is 0.0769. The SMILES string of the molecule is O=C(O)c1ccc(-c2cnn3c(=O)n(Cc4ccc(C(F)(F)F)cc4)nc3c2-c2ccc(Cl)cc2)cc1. The molecule has 37 heavy (non-hydrogen) atoms. The predicted molar refractivity (Wildman–Crippen MR) is 131 cm³/mol. The number of nitrogens with zero attached hydrogens (tertiary/aromatic N) is 4. The first-order valence-electron chi connectivity index (χ1n) is 10.9. The van der Waals surface area contributed by atoms with Crippen molar-refractivity contribution in [3.63, 3.8) is 0 Å². The minimum Gasteiger partial charge on any atom is -0.478 e. The first kappa shape index (κ1) is 24.3. The number of hydrogen-bond donors (Lipinski definition) is 1. The molecule has 186 valence electrons. The summed E-state index contributed by atoms with van der Waals surface area (Å²) in [4.78, 5) is 24.4. The van der Waals surface area contributed by atoms with Gasteiger partial charge in [-0.15, -0.1) is 5.10 Å². The zero-order valence-corrected chi connectivity index (χ0v) is 19.5. The van der Waals surface area contributed by atoms with Crippen molar-refractivity contribution in [3.8, 4) is 22.3 Å². The van der Waals surface area contributed by atoms with Crippen LogP contribution in [0.4, 0.5) is 13.2 Å². The van der Waals surface area contributed by atoms with Crippen LogP contribution in [0.1, 0.15) is 21.5 Å². The number of carbonyl (C=O) groups is 1. The van der Waals surface area contributed by atoms with Crippen LogP contribution in [0.5, 0.6) is 0 Å². The van der Waals surface area contributed by atoms with Gasteiger partial charge in [0.15, 0.2) is 5.65 Å². The highest BCUT2D eigenvalue weighted by atomic mass is 35.5. The third-order valence-electron chi connectivity index (χ3n) is 5.80. The second-order valence-corrected chi connectivity index (χ2v) is 8.63. The first-order valence-corrected chi connectivity index (χ1v) is 11.2. The van der Waals surface area contributed by atoms with Crippen molar-refractivity contribution in [1.29, 1.82) is 0 Å². The average Bonchev–Trinajstić information content (AvgIpc) is 3.19. The molecular weight excluding hydrogens is 509 g/mol. The molecule has 0 bridgehead atoms. The van der Waals surface area contributed by atoms with Crippen molar-refractivity contribution < 1.29 is 23.1 Å². The molecule has 0 radical (unpaired) electrons. The molecule has 1 N–H and O–H groups in total. The minimum atomic E-state index is -4.46. The van der Waals surface area contributed by atoms with Crippen LogP contribution < -0.4 is 5.69 Å². The van der Waals surface area contributed by atoms with Gasteiger partial charge in [-0.05, 0) is 53.1 Å². The number of hydrogen-bond acceptors (Lipinski definition) is 4. The van der Waals surface area contributed by atoms with E-state index in [4.69, 9.17) is 11.6 Å². The second-order valence-electron chi connectivity index (χ2n) is 8.19. The Morgan fingerprint density at radius 1 is 0.919 bits per heavy atom. The van der Waals surface area contributed by atoms with Gasteiger partial charge in [-0.3, -0.25) is 0 Å². The fourth-order valence-electron chi connectivity index (χ4n) is 3.95. The standard InChI is InChI=1S/C26H16ClF3N4O3/c27-20-11-7-17(8-12-20)22-21(16-3-5-18(6-4-16)24(35)36)13-31-34-23(22)32-33(25(34)37)14-15-1-9-19(10-2-15)26(28,29)30/h1-13H,14H2,(H,35,36). The number of benzene rings is 3. The van der Waals surface area contributed by atoms with Gasteiger partial charge in [-0.1, -0.05) is 48.0 Å². The summed E-state index contributed by atoms with van der Waals surface area (Å²) in [6.45, 7) is -0.0664. The molecule has 2 aromatic heterocycles. The van der Waals surface area contributed by atoms with Crippen LogP contribution in [0.2, 0.25) is 5.02 Å². The maximum absolute atomic E-state index is 13.1. The van der Waals surface area contributed by atoms with Gasteiger partial charge in [0.25, 0.3) is 0 Å². The Kier molecular flexibility index (Phi) is 6.04. The van der Waals surface area contributed by atoms with E-state index in [0.29, 0.717) is 32.8 Å². The summed E-state index contributed by atoms with van der Waals surface area (Å²) in [5, 5.41) is 18.5. The summed E-state index contributed by atoms with van der Waals surface area (Å²) in [5.74, 6) is -1.06. The summed E-state index contributed by atoms with van der Waals surface area (Å²) in [5.41, 5.74) is 1.91. The van der Waals surface area contributed by atoms with E-state index in [0.717, 1.165) is 21.3 Å². The Balaban J connectivity index is 1.65. The van der Waals surface area contributed by atoms with Crippen LogP contribution in [0.15, 0.2) is 83.8 Å². The number of carboxylic acids is 1. The lowest BCUT2D eigenvalue weighted by Gasteiger charge is -2.11. The molecule has 0 aliphatic carbocycles. The van der Waals surface area contributed by atoms with E-state index in [1.165, 1.54) is 30.5 Å². The van der Waals surface area contributed by atoms with E-state index in [2.05, 4.69) is 10.2 Å². The number of rotatable bonds is 5. The van der Waals surface area contributed by atoms with Crippen LogP contribution in [0.25, 0.3) is 27.9 Å². The summed E-state index contributed by atoms with van der Waals surface area (Å²) >= 11 is 6.07. The quantitative estimate of drug-likeness (QED) is 0.321. The lowest BCUT2D eigenvalue weighted by molar-refractivity contribution is -0.137. The number of fused-ring (bicyclic) bond motifs is 1. The molecule has 2 heterocycles. The molecule has 0 amide bonds. The number of aromatic carboxylic acids is 1. The molecule has 0 unspecified atom stereocenters. The Bertz CT molecular complexity index is 1680. The summed E-state index contributed by atoms with van der Waals surface area (Å²) in [6.07, 6.45) is -2.98. The van der Waals surface area contributed by atoms with Gasteiger partial charge in [-0.2, -0.15) is 22.8 Å². The highest BCUT2D eigenvalue weighted by Gasteiger charge is 2.30. The molecule has 0 spiro atoms. The van der Waals surface area contributed by atoms with Crippen molar-refractivity contribution in [1.82, 2.24) is 19.4 Å². The van der Waals surface area contributed by atoms with E-state index in [9.17, 15) is 27.9 Å². The number of aromatic nitrogens is 4. The van der Waals surface area contributed by atoms with Gasteiger partial charge in [0.1, 0.15) is 0 Å². The van der Waals surface area contributed by atoms with Gasteiger partial charge < -0.3 is 5.11 Å². The summed E-state index contributed by atoms with van der Waals surface area (Å²) < 4.78 is 41.0. The van der Waals surface area contributed by atoms with Crippen molar-refractivity contribution in [3.05, 3.63) is 111 Å². The Hall–Kier alpha value is -4.44. The Morgan fingerprint density at radius 2 is 1.54 bits per heavy atom. The first-order chi connectivity index (χ1) is 17.6. The maximum Gasteiger partial charge on any atom is 0.416 e. The third-order valence-corrected chi connectivity index (χ3v) is 6.05. The number of carboxylic acid groups (broad SMARTS) is 1. The van der Waals surface area contributed by atoms with Crippen LogP contribution in [-0.2, 0) is 12.7 Å². The predicted octanol–water partition coefficient (Wildman–Crippen LogP) is 5.64. The molecule has 0 saturated carbocycles. The van der Waals surface area contributed by atoms with Crippen molar-refractivity contribution in [2.45, 2.75) is 12.7 Å². The smallest absolute Gasteiger partial charge is 0.416 e. The molecule has 0 fully saturated rings. The molecule has 0 saturated heterocycles. The molecule has 0 aliphatic rings. The molecule has 3 aromatic carbocycles. The van der Waals surface area contributed by atoms with Crippen LogP contribution in [0, 0.1) is 0 Å². The summed E-state index contributed by atoms with van der Waals surface area (Å²) in [6, 6.07) is 17.6. The molecule has 11 heteroatoms. The summed E-state index contributed by atoms with van der Waals surface area (Å²) in [7, 11) is 0. The van der Waals surface area contributed by atoms with E-state index < -0.39 is 23.4 Å². The van der Waals surface area contributed by atoms with Gasteiger partial charge in [0.05, 0.1) is 23.9 Å². The molecule has 7 nitrogen and oxygen atoms in total. The van der Waals surface area contributed by atoms with Gasteiger partial charge in [0, 0.05) is 16.1 Å². The maximum atomic E-state index is 13.1. The van der Waals surface area contributed by atoms with Gasteiger partial charge in [0.2, 0.25) is 0 Å². The largest absolute Gasteiger partial charge is 0.478 e. The van der Waals surface area contributed by atoms with Crippen molar-refractivity contribution in [2.24, 2.45) is 0 Å². The fourth-order valence-corrected chi connectivity index (χ4v) is 4.07. The van der Waals surface area contributed by atoms with E-state index in [-0.39, 0.29) is 17.8 Å². The Morgan fingerprint density at radius 3 is 2.14 bits per heavy atom. The van der Waals surface area contributed by atoms with Gasteiger partial charge >= 0.3 is 17.8 Å². The highest BCUT2D eigenvalue weighted by Crippen LogP contribution is 2.35. The molecular formula is C26H16ClF3N4O3. The monoisotopic (exact) mass is 524 g/mol. The van der Waals surface area contributed by atoms with E-state index >= 15 is 0 Å². The van der Waals surface area contributed by atoms with Crippen LogP contribution in [0.3, 0.4) is 0 Å². The number of halogens is 4. The van der Waals surface area contributed by atoms with Crippen molar-refractivity contribution >= 4 is 23.2 Å². The normalized spacial score (nSPS) is 11.7. The molecule has 0 aliphatic heterocycles. The molecule has 5 rings (SSSR count). The zero-order chi connectivity index (χ0) is 26.3. The topological polar surface area (TPSA) is 89.5 Å². The number of alkyl halides is 3. The van der Waals surface area contributed by atoms with Crippen LogP contribution in [-0.4, -0.2) is 30.5 Å². The van der Waals surface area contributed by atoms with Gasteiger partial charge in [-0.25, -0.2) is 14.3 Å². The van der Waals surface area contributed by atoms with Crippen LogP contribution >= 0.6 is 11.6 Å². The lowest BCUT2D eigenvalue weighted by Crippen LogP contribution is -2.23. The lowest BCUT2D eigenvalue weighted by atomic mass is 9.96. The molecule has 5 aromatic rings.